The maximum atomic E-state index is 12.9. The van der Waals surface area contributed by atoms with Crippen LogP contribution >= 0.6 is 10.0 Å². The number of carbonyl (C=O) groups excluding carboxylic acids is 1. The van der Waals surface area contributed by atoms with Crippen molar-refractivity contribution in [1.82, 2.24) is 5.32 Å². The quantitative estimate of drug-likeness (QED) is 0.699. The van der Waals surface area contributed by atoms with Gasteiger partial charge in [0.1, 0.15) is 5.78 Å². The fourth-order valence-electron chi connectivity index (χ4n) is 2.51. The molecule has 0 aliphatic heterocycles. The summed E-state index contributed by atoms with van der Waals surface area (Å²) >= 11 is 0. The van der Waals surface area contributed by atoms with Crippen molar-refractivity contribution in [1.29, 1.82) is 0 Å². The van der Waals surface area contributed by atoms with Gasteiger partial charge in [-0.3, -0.25) is 4.79 Å². The third-order valence-corrected chi connectivity index (χ3v) is 7.00. The van der Waals surface area contributed by atoms with Gasteiger partial charge in [0.25, 0.3) is 5.92 Å². The van der Waals surface area contributed by atoms with Crippen LogP contribution in [0.4, 0.5) is 8.78 Å². The standard InChI is InChI=1S/C18H35F2NOS/c1-16(2,3)15(22)12-23(6,7)9-8-17(4,5)13-21-14-10-18(19,20)11-14/h14,21H,8-13H2,1-7H3. The van der Waals surface area contributed by atoms with Crippen LogP contribution in [-0.2, 0) is 4.79 Å². The molecule has 5 heteroatoms. The molecule has 138 valence electrons. The average Bonchev–Trinajstić information content (AvgIpc) is 2.30. The molecule has 0 aromatic rings. The fraction of sp³-hybridized carbons (Fsp3) is 0.944. The van der Waals surface area contributed by atoms with Crippen molar-refractivity contribution in [2.45, 2.75) is 65.8 Å². The largest absolute Gasteiger partial charge is 0.313 e. The summed E-state index contributed by atoms with van der Waals surface area (Å²) in [5.41, 5.74) is -0.198. The molecule has 1 saturated carbocycles. The second kappa shape index (κ2) is 6.99. The lowest BCUT2D eigenvalue weighted by molar-refractivity contribution is -0.123. The monoisotopic (exact) mass is 351 g/mol. The fourth-order valence-corrected chi connectivity index (χ4v) is 4.90. The predicted octanol–water partition coefficient (Wildman–Crippen LogP) is 4.47. The minimum absolute atomic E-state index is 0.0279. The van der Waals surface area contributed by atoms with E-state index in [1.165, 1.54) is 0 Å². The number of hydrogen-bond acceptors (Lipinski definition) is 2. The Morgan fingerprint density at radius 2 is 1.70 bits per heavy atom. The first-order valence-corrected chi connectivity index (χ1v) is 11.2. The zero-order chi connectivity index (χ0) is 18.1. The Balaban J connectivity index is 2.37. The molecule has 1 fully saturated rings. The molecule has 0 saturated heterocycles. The highest BCUT2D eigenvalue weighted by Gasteiger charge is 2.45. The summed E-state index contributed by atoms with van der Waals surface area (Å²) in [5.74, 6) is -0.398. The van der Waals surface area contributed by atoms with Crippen molar-refractivity contribution in [2.75, 3.05) is 30.6 Å². The van der Waals surface area contributed by atoms with Crippen LogP contribution in [0.1, 0.15) is 53.9 Å². The van der Waals surface area contributed by atoms with Crippen LogP contribution in [0.2, 0.25) is 0 Å². The van der Waals surface area contributed by atoms with E-state index in [-0.39, 0.29) is 29.7 Å². The summed E-state index contributed by atoms with van der Waals surface area (Å²) in [6, 6.07) is -0.0351. The molecule has 1 N–H and O–H groups in total. The van der Waals surface area contributed by atoms with E-state index in [0.717, 1.165) is 18.7 Å². The Labute approximate surface area is 142 Å². The maximum absolute atomic E-state index is 12.9. The summed E-state index contributed by atoms with van der Waals surface area (Å²) in [7, 11) is -0.943. The smallest absolute Gasteiger partial charge is 0.251 e. The third kappa shape index (κ3) is 7.51. The highest BCUT2D eigenvalue weighted by molar-refractivity contribution is 8.33. The van der Waals surface area contributed by atoms with Gasteiger partial charge >= 0.3 is 0 Å². The zero-order valence-electron chi connectivity index (χ0n) is 15.9. The van der Waals surface area contributed by atoms with E-state index in [1.54, 1.807) is 0 Å². The van der Waals surface area contributed by atoms with Gasteiger partial charge in [0.15, 0.2) is 0 Å². The van der Waals surface area contributed by atoms with Gasteiger partial charge in [-0.05, 0) is 30.1 Å². The number of hydrogen-bond donors (Lipinski definition) is 1. The van der Waals surface area contributed by atoms with E-state index >= 15 is 0 Å². The first-order valence-electron chi connectivity index (χ1n) is 8.45. The van der Waals surface area contributed by atoms with Crippen LogP contribution in [0.25, 0.3) is 0 Å². The molecule has 0 unspecified atom stereocenters. The van der Waals surface area contributed by atoms with Gasteiger partial charge in [0.05, 0.1) is 0 Å². The third-order valence-electron chi connectivity index (χ3n) is 4.65. The molecule has 1 rings (SSSR count). The molecular formula is C18H35F2NOS. The van der Waals surface area contributed by atoms with Crippen LogP contribution in [-0.4, -0.2) is 48.3 Å². The summed E-state index contributed by atoms with van der Waals surface area (Å²) in [6.45, 7) is 11.1. The Morgan fingerprint density at radius 3 is 2.13 bits per heavy atom. The SMILES string of the molecule is CC(C)(CCS(C)(C)CC(=O)C(C)(C)C)CNC1CC(F)(F)C1. The van der Waals surface area contributed by atoms with Crippen molar-refractivity contribution in [2.24, 2.45) is 10.8 Å². The highest BCUT2D eigenvalue weighted by Crippen LogP contribution is 2.44. The van der Waals surface area contributed by atoms with Crippen LogP contribution in [0.3, 0.4) is 0 Å². The van der Waals surface area contributed by atoms with Gasteiger partial charge in [-0.2, -0.15) is 0 Å². The number of halogens is 2. The van der Waals surface area contributed by atoms with Crippen molar-refractivity contribution in [3.05, 3.63) is 0 Å². The lowest BCUT2D eigenvalue weighted by Gasteiger charge is -2.39. The van der Waals surface area contributed by atoms with Gasteiger partial charge in [-0.25, -0.2) is 18.8 Å². The molecule has 0 radical (unpaired) electrons. The Bertz CT molecular complexity index is 419. The lowest BCUT2D eigenvalue weighted by atomic mass is 9.85. The molecule has 0 aromatic carbocycles. The molecule has 0 spiro atoms. The second-order valence-electron chi connectivity index (χ2n) is 9.54. The van der Waals surface area contributed by atoms with Crippen molar-refractivity contribution < 1.29 is 13.6 Å². The Morgan fingerprint density at radius 1 is 1.17 bits per heavy atom. The van der Waals surface area contributed by atoms with Gasteiger partial charge in [-0.1, -0.05) is 34.6 Å². The van der Waals surface area contributed by atoms with Gasteiger partial charge in [-0.15, -0.1) is 0 Å². The Hall–Kier alpha value is -0.160. The number of Topliss-reactive ketones (excluding diaryl/α,β-unsaturated/α-hetero) is 1. The van der Waals surface area contributed by atoms with Crippen molar-refractivity contribution in [3.63, 3.8) is 0 Å². The molecule has 1 aliphatic rings. The highest BCUT2D eigenvalue weighted by atomic mass is 32.3. The second-order valence-corrected chi connectivity index (χ2v) is 13.8. The first-order chi connectivity index (χ1) is 10.1. The lowest BCUT2D eigenvalue weighted by Crippen LogP contribution is -2.50. The minimum Gasteiger partial charge on any atom is -0.313 e. The maximum Gasteiger partial charge on any atom is 0.251 e. The van der Waals surface area contributed by atoms with Crippen molar-refractivity contribution >= 4 is 15.8 Å². The first kappa shape index (κ1) is 20.9. The predicted molar refractivity (Wildman–Crippen MR) is 98.0 cm³/mol. The molecule has 0 amide bonds. The molecule has 0 atom stereocenters. The number of ketones is 1. The molecule has 0 bridgehead atoms. The van der Waals surface area contributed by atoms with E-state index in [1.807, 2.05) is 20.8 Å². The number of alkyl halides is 2. The van der Waals surface area contributed by atoms with Crippen molar-refractivity contribution in [3.8, 4) is 0 Å². The van der Waals surface area contributed by atoms with Gasteiger partial charge < -0.3 is 5.32 Å². The summed E-state index contributed by atoms with van der Waals surface area (Å²) in [4.78, 5) is 12.3. The van der Waals surface area contributed by atoms with Crippen LogP contribution < -0.4 is 5.32 Å². The van der Waals surface area contributed by atoms with E-state index in [0.29, 0.717) is 11.5 Å². The van der Waals surface area contributed by atoms with Crippen LogP contribution in [0.5, 0.6) is 0 Å². The van der Waals surface area contributed by atoms with E-state index in [4.69, 9.17) is 0 Å². The number of carbonyl (C=O) groups is 1. The number of nitrogens with one attached hydrogen (secondary N) is 1. The molecule has 0 aromatic heterocycles. The van der Waals surface area contributed by atoms with E-state index < -0.39 is 16.0 Å². The summed E-state index contributed by atoms with van der Waals surface area (Å²) < 4.78 is 25.7. The molecule has 23 heavy (non-hydrogen) atoms. The average molecular weight is 352 g/mol. The van der Waals surface area contributed by atoms with Crippen LogP contribution in [0.15, 0.2) is 0 Å². The minimum atomic E-state index is -2.46. The number of rotatable bonds is 8. The molecular weight excluding hydrogens is 316 g/mol. The topological polar surface area (TPSA) is 29.1 Å². The van der Waals surface area contributed by atoms with E-state index in [2.05, 4.69) is 31.7 Å². The summed E-state index contributed by atoms with van der Waals surface area (Å²) in [5, 5.41) is 3.28. The molecule has 0 heterocycles. The normalized spacial score (nSPS) is 20.2. The van der Waals surface area contributed by atoms with Crippen LogP contribution in [0, 0.1) is 10.8 Å². The molecule has 2 nitrogen and oxygen atoms in total. The zero-order valence-corrected chi connectivity index (χ0v) is 16.7. The molecule has 1 aliphatic carbocycles. The Kier molecular flexibility index (Phi) is 6.35. The van der Waals surface area contributed by atoms with Gasteiger partial charge in [0.2, 0.25) is 0 Å². The van der Waals surface area contributed by atoms with E-state index in [9.17, 15) is 13.6 Å². The van der Waals surface area contributed by atoms with Gasteiger partial charge in [0, 0.05) is 36.6 Å². The summed E-state index contributed by atoms with van der Waals surface area (Å²) in [6.07, 6.45) is 5.42.